The Morgan fingerprint density at radius 1 is 1.22 bits per heavy atom. The third-order valence-electron chi connectivity index (χ3n) is 3.81. The molecule has 146 valence electrons. The van der Waals surface area contributed by atoms with Gasteiger partial charge in [-0.25, -0.2) is 14.3 Å². The number of nitrogens with one attached hydrogen (secondary N) is 2. The summed E-state index contributed by atoms with van der Waals surface area (Å²) in [6, 6.07) is 7.78. The number of hydrogen-bond donors (Lipinski definition) is 4. The van der Waals surface area contributed by atoms with Crippen molar-refractivity contribution in [1.82, 2.24) is 5.48 Å². The second kappa shape index (κ2) is 8.91. The maximum atomic E-state index is 14.1. The maximum absolute atomic E-state index is 14.1. The maximum Gasteiger partial charge on any atom is 0.276 e. The fourth-order valence-electron chi connectivity index (χ4n) is 2.07. The van der Waals surface area contributed by atoms with E-state index in [-0.39, 0.29) is 16.9 Å². The number of benzene rings is 2. The number of carbonyl (C=O) groups is 1. The van der Waals surface area contributed by atoms with Gasteiger partial charge < -0.3 is 15.5 Å². The Morgan fingerprint density at radius 2 is 1.93 bits per heavy atom. The van der Waals surface area contributed by atoms with E-state index in [1.807, 2.05) is 22.6 Å². The molecule has 4 N–H and O–H groups in total. The Balaban J connectivity index is 2.23. The first kappa shape index (κ1) is 21.5. The number of halogens is 3. The number of hydrogen-bond acceptors (Lipinski definition) is 5. The predicted molar refractivity (Wildman–Crippen MR) is 105 cm³/mol. The quantitative estimate of drug-likeness (QED) is 0.353. The van der Waals surface area contributed by atoms with Crippen molar-refractivity contribution in [2.24, 2.45) is 0 Å². The number of amides is 1. The normalized spacial score (nSPS) is 12.6. The minimum atomic E-state index is -1.26. The molecule has 0 spiro atoms. The zero-order valence-corrected chi connectivity index (χ0v) is 16.8. The first-order valence-corrected chi connectivity index (χ1v) is 9.01. The fourth-order valence-corrected chi connectivity index (χ4v) is 2.53. The van der Waals surface area contributed by atoms with E-state index in [1.54, 1.807) is 6.07 Å². The Morgan fingerprint density at radius 3 is 2.56 bits per heavy atom. The molecule has 2 rings (SSSR count). The van der Waals surface area contributed by atoms with Crippen molar-refractivity contribution < 1.29 is 28.6 Å². The molecule has 0 aliphatic rings. The molecule has 0 bridgehead atoms. The molecular weight excluding hydrogens is 473 g/mol. The van der Waals surface area contributed by atoms with Gasteiger partial charge in [-0.15, -0.1) is 0 Å². The summed E-state index contributed by atoms with van der Waals surface area (Å²) in [5.41, 5.74) is 1.01. The minimum absolute atomic E-state index is 0.00337. The molecule has 2 aromatic rings. The van der Waals surface area contributed by atoms with Crippen LogP contribution in [0.15, 0.2) is 36.4 Å². The van der Waals surface area contributed by atoms with Crippen molar-refractivity contribution in [3.05, 3.63) is 57.2 Å². The number of aliphatic hydroxyl groups excluding tert-OH is 2. The summed E-state index contributed by atoms with van der Waals surface area (Å²) in [7, 11) is 0. The zero-order valence-electron chi connectivity index (χ0n) is 14.6. The van der Waals surface area contributed by atoms with Crippen molar-refractivity contribution in [3.63, 3.8) is 0 Å². The highest BCUT2D eigenvalue weighted by Crippen LogP contribution is 2.25. The summed E-state index contributed by atoms with van der Waals surface area (Å²) >= 11 is 1.96. The molecule has 0 aliphatic carbocycles. The molecule has 1 unspecified atom stereocenters. The van der Waals surface area contributed by atoms with Gasteiger partial charge in [0, 0.05) is 3.57 Å². The minimum Gasteiger partial charge on any atom is -0.394 e. The molecule has 0 saturated heterocycles. The van der Waals surface area contributed by atoms with Crippen molar-refractivity contribution in [2.75, 3.05) is 11.9 Å². The molecular formula is C18H19F2IN2O4. The second-order valence-corrected chi connectivity index (χ2v) is 7.52. The van der Waals surface area contributed by atoms with E-state index >= 15 is 0 Å². The molecule has 0 fully saturated rings. The van der Waals surface area contributed by atoms with E-state index in [2.05, 4.69) is 10.8 Å². The molecule has 0 heterocycles. The summed E-state index contributed by atoms with van der Waals surface area (Å²) in [5, 5.41) is 21.4. The average molecular weight is 492 g/mol. The summed E-state index contributed by atoms with van der Waals surface area (Å²) < 4.78 is 28.4. The Labute approximate surface area is 168 Å². The summed E-state index contributed by atoms with van der Waals surface area (Å²) in [5.74, 6) is -1.90. The standard InChI is InChI=1S/C18H19F2IN2O4/c1-18(2,16(25)9-24)27-23-17(26)12-5-3-10(19)7-15(12)22-14-6-4-11(21)8-13(14)20/h3-8,16,22,24-25H,9H2,1-2H3,(H,23,26). The van der Waals surface area contributed by atoms with Crippen LogP contribution in [0.25, 0.3) is 0 Å². The lowest BCUT2D eigenvalue weighted by molar-refractivity contribution is -0.144. The van der Waals surface area contributed by atoms with E-state index in [1.165, 1.54) is 32.0 Å². The van der Waals surface area contributed by atoms with Gasteiger partial charge in [0.1, 0.15) is 23.3 Å². The van der Waals surface area contributed by atoms with Crippen LogP contribution in [0.3, 0.4) is 0 Å². The Kier molecular flexibility index (Phi) is 7.09. The number of carbonyl (C=O) groups excluding carboxylic acids is 1. The van der Waals surface area contributed by atoms with Gasteiger partial charge in [-0.3, -0.25) is 9.63 Å². The first-order valence-electron chi connectivity index (χ1n) is 7.93. The molecule has 1 atom stereocenters. The molecule has 0 saturated carbocycles. The van der Waals surface area contributed by atoms with Gasteiger partial charge in [0.2, 0.25) is 0 Å². The average Bonchev–Trinajstić information content (AvgIpc) is 2.61. The van der Waals surface area contributed by atoms with E-state index < -0.39 is 35.9 Å². The number of aliphatic hydroxyl groups is 2. The third kappa shape index (κ3) is 5.58. The van der Waals surface area contributed by atoms with Crippen molar-refractivity contribution in [1.29, 1.82) is 0 Å². The van der Waals surface area contributed by atoms with Crippen LogP contribution < -0.4 is 10.8 Å². The monoisotopic (exact) mass is 492 g/mol. The van der Waals surface area contributed by atoms with Gasteiger partial charge in [-0.1, -0.05) is 0 Å². The van der Waals surface area contributed by atoms with Crippen LogP contribution in [-0.2, 0) is 4.84 Å². The molecule has 9 heteroatoms. The smallest absolute Gasteiger partial charge is 0.276 e. The van der Waals surface area contributed by atoms with Crippen LogP contribution in [0.4, 0.5) is 20.2 Å². The van der Waals surface area contributed by atoms with Crippen LogP contribution in [0.5, 0.6) is 0 Å². The van der Waals surface area contributed by atoms with E-state index in [0.29, 0.717) is 3.57 Å². The molecule has 2 aromatic carbocycles. The van der Waals surface area contributed by atoms with Gasteiger partial charge in [-0.2, -0.15) is 0 Å². The van der Waals surface area contributed by atoms with Gasteiger partial charge in [0.25, 0.3) is 5.91 Å². The third-order valence-corrected chi connectivity index (χ3v) is 4.48. The highest BCUT2D eigenvalue weighted by atomic mass is 127. The lowest BCUT2D eigenvalue weighted by Gasteiger charge is -2.28. The summed E-state index contributed by atoms with van der Waals surface area (Å²) in [4.78, 5) is 17.6. The lowest BCUT2D eigenvalue weighted by Crippen LogP contribution is -2.46. The highest BCUT2D eigenvalue weighted by Gasteiger charge is 2.30. The number of hydroxylamine groups is 1. The van der Waals surface area contributed by atoms with Gasteiger partial charge in [0.15, 0.2) is 0 Å². The predicted octanol–water partition coefficient (Wildman–Crippen LogP) is 3.11. The molecule has 0 radical (unpaired) electrons. The molecule has 0 aliphatic heterocycles. The number of rotatable bonds is 7. The van der Waals surface area contributed by atoms with Gasteiger partial charge in [0.05, 0.1) is 23.5 Å². The van der Waals surface area contributed by atoms with Crippen LogP contribution >= 0.6 is 22.6 Å². The van der Waals surface area contributed by atoms with E-state index in [0.717, 1.165) is 12.1 Å². The van der Waals surface area contributed by atoms with E-state index in [4.69, 9.17) is 9.94 Å². The van der Waals surface area contributed by atoms with Crippen molar-refractivity contribution >= 4 is 39.9 Å². The van der Waals surface area contributed by atoms with E-state index in [9.17, 15) is 18.7 Å². The van der Waals surface area contributed by atoms with Crippen molar-refractivity contribution in [2.45, 2.75) is 25.6 Å². The lowest BCUT2D eigenvalue weighted by atomic mass is 10.0. The summed E-state index contributed by atoms with van der Waals surface area (Å²) in [6.07, 6.45) is -1.23. The van der Waals surface area contributed by atoms with Crippen LogP contribution in [0.2, 0.25) is 0 Å². The summed E-state index contributed by atoms with van der Waals surface area (Å²) in [6.45, 7) is 2.39. The van der Waals surface area contributed by atoms with Gasteiger partial charge in [-0.05, 0) is 72.8 Å². The molecule has 27 heavy (non-hydrogen) atoms. The topological polar surface area (TPSA) is 90.8 Å². The molecule has 0 aromatic heterocycles. The first-order chi connectivity index (χ1) is 12.6. The van der Waals surface area contributed by atoms with Crippen molar-refractivity contribution in [3.8, 4) is 0 Å². The molecule has 6 nitrogen and oxygen atoms in total. The fraction of sp³-hybridized carbons (Fsp3) is 0.278. The van der Waals surface area contributed by atoms with Crippen LogP contribution in [-0.4, -0.2) is 34.4 Å². The Hall–Kier alpha value is -1.82. The second-order valence-electron chi connectivity index (χ2n) is 6.27. The van der Waals surface area contributed by atoms with Gasteiger partial charge >= 0.3 is 0 Å². The number of anilines is 2. The highest BCUT2D eigenvalue weighted by molar-refractivity contribution is 14.1. The van der Waals surface area contributed by atoms with Crippen LogP contribution in [0.1, 0.15) is 24.2 Å². The zero-order chi connectivity index (χ0) is 20.2. The SMILES string of the molecule is CC(C)(ONC(=O)c1ccc(F)cc1Nc1ccc(I)cc1F)C(O)CO. The largest absolute Gasteiger partial charge is 0.394 e. The van der Waals surface area contributed by atoms with Crippen LogP contribution in [0, 0.1) is 15.2 Å². The molecule has 1 amide bonds. The Bertz CT molecular complexity index is 833.